The van der Waals surface area contributed by atoms with Crippen molar-refractivity contribution in [3.05, 3.63) is 83.9 Å². The summed E-state index contributed by atoms with van der Waals surface area (Å²) in [6.07, 6.45) is 6.78. The van der Waals surface area contributed by atoms with Crippen molar-refractivity contribution in [1.29, 1.82) is 0 Å². The van der Waals surface area contributed by atoms with Crippen molar-refractivity contribution >= 4 is 11.5 Å². The molecule has 2 heterocycles. The van der Waals surface area contributed by atoms with Gasteiger partial charge in [0.05, 0.1) is 31.6 Å². The van der Waals surface area contributed by atoms with E-state index in [-0.39, 0.29) is 17.8 Å². The van der Waals surface area contributed by atoms with Crippen molar-refractivity contribution in [2.75, 3.05) is 26.7 Å². The second-order valence-corrected chi connectivity index (χ2v) is 7.93. The summed E-state index contributed by atoms with van der Waals surface area (Å²) in [5.41, 5.74) is 4.12. The first-order valence-electron chi connectivity index (χ1n) is 10.7. The van der Waals surface area contributed by atoms with Crippen LogP contribution in [0.1, 0.15) is 30.5 Å². The zero-order valence-electron chi connectivity index (χ0n) is 18.3. The van der Waals surface area contributed by atoms with E-state index < -0.39 is 0 Å². The Morgan fingerprint density at radius 2 is 1.94 bits per heavy atom. The van der Waals surface area contributed by atoms with Crippen molar-refractivity contribution in [3.8, 4) is 11.4 Å². The molecule has 166 valence electrons. The van der Waals surface area contributed by atoms with E-state index in [4.69, 9.17) is 4.74 Å². The smallest absolute Gasteiger partial charge is 0.234 e. The molecule has 1 amide bonds. The molecule has 1 aliphatic rings. The quantitative estimate of drug-likeness (QED) is 0.611. The molecule has 7 heteroatoms. The molecular weight excluding hydrogens is 407 g/mol. The Hall–Kier alpha value is -3.45. The molecule has 1 atom stereocenters. The minimum atomic E-state index is -0.265. The Morgan fingerprint density at radius 1 is 1.19 bits per heavy atom. The summed E-state index contributed by atoms with van der Waals surface area (Å²) in [6, 6.07) is 13.9. The first kappa shape index (κ1) is 21.8. The van der Waals surface area contributed by atoms with E-state index in [1.54, 1.807) is 23.9 Å². The third-order valence-corrected chi connectivity index (χ3v) is 5.70. The number of nitrogens with one attached hydrogen (secondary N) is 1. The van der Waals surface area contributed by atoms with Crippen LogP contribution in [0.25, 0.3) is 11.3 Å². The number of carbonyl (C=O) groups excluding carboxylic acids is 1. The van der Waals surface area contributed by atoms with E-state index >= 15 is 0 Å². The minimum Gasteiger partial charge on any atom is -0.497 e. The van der Waals surface area contributed by atoms with Gasteiger partial charge in [-0.1, -0.05) is 18.2 Å². The van der Waals surface area contributed by atoms with Crippen LogP contribution in [-0.4, -0.2) is 47.3 Å². The molecule has 0 unspecified atom stereocenters. The Balaban J connectivity index is 1.30. The summed E-state index contributed by atoms with van der Waals surface area (Å²) in [7, 11) is 1.64. The van der Waals surface area contributed by atoms with E-state index in [2.05, 4.69) is 21.4 Å². The van der Waals surface area contributed by atoms with Gasteiger partial charge in [-0.15, -0.1) is 0 Å². The van der Waals surface area contributed by atoms with Crippen molar-refractivity contribution in [1.82, 2.24) is 20.0 Å². The van der Waals surface area contributed by atoms with Crippen LogP contribution in [0.5, 0.6) is 5.75 Å². The van der Waals surface area contributed by atoms with Crippen LogP contribution in [0.2, 0.25) is 0 Å². The van der Waals surface area contributed by atoms with E-state index in [0.717, 1.165) is 35.5 Å². The Bertz CT molecular complexity index is 1090. The number of ether oxygens (including phenoxy) is 1. The average molecular weight is 435 g/mol. The molecule has 3 aromatic rings. The number of hydrogen-bond acceptors (Lipinski definition) is 4. The van der Waals surface area contributed by atoms with E-state index in [1.807, 2.05) is 43.6 Å². The van der Waals surface area contributed by atoms with E-state index in [0.29, 0.717) is 13.1 Å². The summed E-state index contributed by atoms with van der Waals surface area (Å²) in [5.74, 6) is 0.541. The van der Waals surface area contributed by atoms with Gasteiger partial charge in [0.1, 0.15) is 11.6 Å². The minimum absolute atomic E-state index is 0.00861. The van der Waals surface area contributed by atoms with Crippen molar-refractivity contribution in [3.63, 3.8) is 0 Å². The molecular formula is C25H27FN4O2. The number of halogens is 1. The molecule has 0 spiro atoms. The Morgan fingerprint density at radius 3 is 2.59 bits per heavy atom. The second-order valence-electron chi connectivity index (χ2n) is 7.93. The van der Waals surface area contributed by atoms with Crippen LogP contribution in [0.15, 0.2) is 67.0 Å². The van der Waals surface area contributed by atoms with Gasteiger partial charge in [-0.3, -0.25) is 9.69 Å². The van der Waals surface area contributed by atoms with Crippen molar-refractivity contribution in [2.24, 2.45) is 0 Å². The molecule has 1 aliphatic heterocycles. The lowest BCUT2D eigenvalue weighted by molar-refractivity contribution is -0.122. The summed E-state index contributed by atoms with van der Waals surface area (Å²) < 4.78 is 20.1. The zero-order valence-corrected chi connectivity index (χ0v) is 18.3. The normalized spacial score (nSPS) is 15.2. The van der Waals surface area contributed by atoms with Gasteiger partial charge in [0, 0.05) is 24.8 Å². The van der Waals surface area contributed by atoms with Crippen LogP contribution in [0, 0.1) is 5.82 Å². The van der Waals surface area contributed by atoms with Crippen LogP contribution in [-0.2, 0) is 4.79 Å². The van der Waals surface area contributed by atoms with Gasteiger partial charge in [-0.2, -0.15) is 5.10 Å². The first-order valence-corrected chi connectivity index (χ1v) is 10.7. The number of benzene rings is 2. The number of hydrogen-bond donors (Lipinski definition) is 1. The lowest BCUT2D eigenvalue weighted by Crippen LogP contribution is -2.40. The number of carbonyl (C=O) groups is 1. The van der Waals surface area contributed by atoms with Crippen LogP contribution in [0.4, 0.5) is 4.39 Å². The maximum atomic E-state index is 13.1. The highest BCUT2D eigenvalue weighted by Crippen LogP contribution is 2.23. The predicted molar refractivity (Wildman–Crippen MR) is 122 cm³/mol. The maximum Gasteiger partial charge on any atom is 0.234 e. The van der Waals surface area contributed by atoms with Crippen LogP contribution in [0.3, 0.4) is 0 Å². The van der Waals surface area contributed by atoms with Gasteiger partial charge in [-0.05, 0) is 60.9 Å². The molecule has 1 N–H and O–H groups in total. The largest absolute Gasteiger partial charge is 0.497 e. The summed E-state index contributed by atoms with van der Waals surface area (Å²) >= 11 is 0. The molecule has 2 aromatic carbocycles. The number of aromatic nitrogens is 2. The number of rotatable bonds is 7. The molecule has 0 bridgehead atoms. The third-order valence-electron chi connectivity index (χ3n) is 5.70. The third kappa shape index (κ3) is 5.23. The predicted octanol–water partition coefficient (Wildman–Crippen LogP) is 3.99. The number of nitrogens with zero attached hydrogens (tertiary/aromatic N) is 3. The highest BCUT2D eigenvalue weighted by molar-refractivity contribution is 5.78. The van der Waals surface area contributed by atoms with Gasteiger partial charge in [0.2, 0.25) is 5.91 Å². The molecule has 32 heavy (non-hydrogen) atoms. The van der Waals surface area contributed by atoms with Crippen LogP contribution >= 0.6 is 0 Å². The average Bonchev–Trinajstić information content (AvgIpc) is 3.30. The first-order chi connectivity index (χ1) is 15.5. The molecule has 0 saturated carbocycles. The SMILES string of the molecule is COc1ccc([C@H](C)NC(=O)CN2CC=C(c3cnn(-c4ccc(F)cc4)c3)CC2)cc1. The van der Waals surface area contributed by atoms with Gasteiger partial charge in [-0.25, -0.2) is 9.07 Å². The summed E-state index contributed by atoms with van der Waals surface area (Å²) in [4.78, 5) is 14.6. The fourth-order valence-corrected chi connectivity index (χ4v) is 3.81. The second kappa shape index (κ2) is 9.78. The molecule has 1 aromatic heterocycles. The molecule has 0 aliphatic carbocycles. The highest BCUT2D eigenvalue weighted by atomic mass is 19.1. The molecule has 4 rings (SSSR count). The zero-order chi connectivity index (χ0) is 22.5. The van der Waals surface area contributed by atoms with E-state index in [1.165, 1.54) is 17.7 Å². The molecule has 0 fully saturated rings. The topological polar surface area (TPSA) is 59.4 Å². The molecule has 6 nitrogen and oxygen atoms in total. The summed E-state index contributed by atoms with van der Waals surface area (Å²) in [5, 5.41) is 7.47. The Kier molecular flexibility index (Phi) is 6.66. The van der Waals surface area contributed by atoms with Gasteiger partial charge >= 0.3 is 0 Å². The van der Waals surface area contributed by atoms with Gasteiger partial charge < -0.3 is 10.1 Å². The number of methoxy groups -OCH3 is 1. The fraction of sp³-hybridized carbons (Fsp3) is 0.280. The molecule has 0 saturated heterocycles. The van der Waals surface area contributed by atoms with E-state index in [9.17, 15) is 9.18 Å². The Labute approximate surface area is 187 Å². The lowest BCUT2D eigenvalue weighted by Gasteiger charge is -2.26. The monoisotopic (exact) mass is 434 g/mol. The molecule has 0 radical (unpaired) electrons. The fourth-order valence-electron chi connectivity index (χ4n) is 3.81. The van der Waals surface area contributed by atoms with Crippen molar-refractivity contribution < 1.29 is 13.9 Å². The highest BCUT2D eigenvalue weighted by Gasteiger charge is 2.18. The number of amides is 1. The van der Waals surface area contributed by atoms with Gasteiger partial charge in [0.25, 0.3) is 0 Å². The maximum absolute atomic E-state index is 13.1. The van der Waals surface area contributed by atoms with Crippen LogP contribution < -0.4 is 10.1 Å². The van der Waals surface area contributed by atoms with Crippen molar-refractivity contribution in [2.45, 2.75) is 19.4 Å². The lowest BCUT2D eigenvalue weighted by atomic mass is 10.0. The standard InChI is InChI=1S/C25H27FN4O2/c1-18(19-3-9-24(32-2)10-4-19)28-25(31)17-29-13-11-20(12-14-29)21-15-27-30(16-21)23-7-5-22(26)6-8-23/h3-11,15-16,18H,12-14,17H2,1-2H3,(H,28,31)/t18-/m0/s1. The van der Waals surface area contributed by atoms with Gasteiger partial charge in [0.15, 0.2) is 0 Å². The summed E-state index contributed by atoms with van der Waals surface area (Å²) in [6.45, 7) is 3.85.